The zero-order valence-electron chi connectivity index (χ0n) is 49.6. The number of aryl methyl sites for hydroxylation is 2. The van der Waals surface area contributed by atoms with Crippen molar-refractivity contribution in [1.82, 2.24) is 24.1 Å². The summed E-state index contributed by atoms with van der Waals surface area (Å²) in [5.41, 5.74) is 20.7. The molecule has 85 heavy (non-hydrogen) atoms. The van der Waals surface area contributed by atoms with Gasteiger partial charge in [-0.2, -0.15) is 0 Å². The molecule has 0 amide bonds. The quantitative estimate of drug-likeness (QED) is 0.0900. The summed E-state index contributed by atoms with van der Waals surface area (Å²) in [5.74, 6) is 3.30. The van der Waals surface area contributed by atoms with Crippen LogP contribution in [-0.4, -0.2) is 24.1 Å². The summed E-state index contributed by atoms with van der Waals surface area (Å²) in [6.07, 6.45) is 0. The smallest absolute Gasteiger partial charge is 0.501 e. The van der Waals surface area contributed by atoms with E-state index < -0.39 is 0 Å². The number of imidazole rings is 2. The zero-order chi connectivity index (χ0) is 57.7. The maximum Gasteiger partial charge on any atom is 2.00 e. The first-order valence-electron chi connectivity index (χ1n) is 29.5. The fraction of sp³-hybridized carbons (Fsp3) is 0.182. The third-order valence-electron chi connectivity index (χ3n) is 16.8. The van der Waals surface area contributed by atoms with Crippen LogP contribution in [0.1, 0.15) is 113 Å². The third-order valence-corrected chi connectivity index (χ3v) is 16.8. The van der Waals surface area contributed by atoms with Gasteiger partial charge in [0.05, 0.1) is 39.3 Å². The third kappa shape index (κ3) is 9.73. The van der Waals surface area contributed by atoms with Gasteiger partial charge in [0, 0.05) is 45.0 Å². The van der Waals surface area contributed by atoms with Crippen molar-refractivity contribution in [1.29, 1.82) is 0 Å². The Bertz CT molecular complexity index is 4850. The molecule has 7 nitrogen and oxygen atoms in total. The summed E-state index contributed by atoms with van der Waals surface area (Å²) < 4.78 is 19.1. The predicted octanol–water partition coefficient (Wildman–Crippen LogP) is 21.1. The van der Waals surface area contributed by atoms with Crippen molar-refractivity contribution < 1.29 is 30.2 Å². The number of rotatable bonds is 12. The maximum atomic E-state index is 7.20. The Morgan fingerprint density at radius 2 is 0.929 bits per heavy atom. The molecule has 0 aliphatic heterocycles. The van der Waals surface area contributed by atoms with Gasteiger partial charge in [-0.25, -0.2) is 0 Å². The van der Waals surface area contributed by atoms with Crippen molar-refractivity contribution >= 4 is 65.6 Å². The summed E-state index contributed by atoms with van der Waals surface area (Å²) >= 11 is 0. The minimum Gasteiger partial charge on any atom is -0.501 e. The molecule has 10 aromatic carbocycles. The molecule has 0 fully saturated rings. The molecule has 0 atom stereocenters. The van der Waals surface area contributed by atoms with Crippen LogP contribution >= 0.6 is 0 Å². The summed E-state index contributed by atoms with van der Waals surface area (Å²) in [5, 5.41) is 6.31. The molecule has 14 rings (SSSR count). The number of ether oxygens (including phenoxy) is 1. The monoisotopic (exact) mass is 1290 g/mol. The van der Waals surface area contributed by atoms with E-state index in [9.17, 15) is 0 Å². The second-order valence-corrected chi connectivity index (χ2v) is 23.9. The van der Waals surface area contributed by atoms with Gasteiger partial charge in [0.2, 0.25) is 0 Å². The predicted molar refractivity (Wildman–Crippen MR) is 348 cm³/mol. The van der Waals surface area contributed by atoms with Gasteiger partial charge in [0.15, 0.2) is 0 Å². The number of furan rings is 1. The van der Waals surface area contributed by atoms with E-state index in [1.54, 1.807) is 0 Å². The van der Waals surface area contributed by atoms with Crippen LogP contribution in [0.25, 0.3) is 122 Å². The van der Waals surface area contributed by atoms with Gasteiger partial charge in [-0.3, -0.25) is 15.0 Å². The molecule has 0 saturated carbocycles. The molecule has 14 aromatic rings. The van der Waals surface area contributed by atoms with E-state index in [-0.39, 0.29) is 44.7 Å². The van der Waals surface area contributed by atoms with E-state index in [4.69, 9.17) is 24.1 Å². The number of fused-ring (bicyclic) bond motifs is 7. The molecule has 4 heterocycles. The molecular formula is C77H65N5O2Pt. The molecular weight excluding hydrogens is 1220 g/mol. The molecule has 0 radical (unpaired) electrons. The van der Waals surface area contributed by atoms with Crippen LogP contribution in [0.5, 0.6) is 11.5 Å². The van der Waals surface area contributed by atoms with E-state index in [0.717, 1.165) is 94.1 Å². The average molecular weight is 1290 g/mol. The van der Waals surface area contributed by atoms with Crippen LogP contribution in [0.15, 0.2) is 192 Å². The molecule has 8 heteroatoms. The van der Waals surface area contributed by atoms with Gasteiger partial charge in [0.25, 0.3) is 0 Å². The number of aromatic nitrogens is 5. The molecule has 4 aromatic heterocycles. The first-order valence-corrected chi connectivity index (χ1v) is 29.5. The van der Waals surface area contributed by atoms with Gasteiger partial charge in [0.1, 0.15) is 5.58 Å². The Hall–Kier alpha value is -8.90. The topological polar surface area (TPSA) is 70.9 Å². The van der Waals surface area contributed by atoms with E-state index in [0.29, 0.717) is 28.5 Å². The minimum atomic E-state index is 0. The van der Waals surface area contributed by atoms with Gasteiger partial charge >= 0.3 is 21.1 Å². The van der Waals surface area contributed by atoms with Crippen molar-refractivity contribution in [2.24, 2.45) is 0 Å². The maximum absolute atomic E-state index is 7.20. The molecule has 0 bridgehead atoms. The number of nitrogens with zero attached hydrogens (tertiary/aromatic N) is 5. The van der Waals surface area contributed by atoms with Gasteiger partial charge in [-0.1, -0.05) is 169 Å². The zero-order valence-corrected chi connectivity index (χ0v) is 51.8. The number of para-hydroxylation sites is 4. The van der Waals surface area contributed by atoms with Crippen LogP contribution in [0, 0.1) is 26.0 Å². The van der Waals surface area contributed by atoms with Crippen LogP contribution in [0.4, 0.5) is 0 Å². The number of benzene rings is 10. The molecule has 0 N–H and O–H groups in total. The second kappa shape index (κ2) is 21.9. The average Bonchev–Trinajstić information content (AvgIpc) is 1.90. The van der Waals surface area contributed by atoms with Crippen LogP contribution in [0.2, 0.25) is 0 Å². The largest absolute Gasteiger partial charge is 2.00 e. The van der Waals surface area contributed by atoms with Crippen LogP contribution in [0.3, 0.4) is 0 Å². The number of hydrogen-bond donors (Lipinski definition) is 0. The van der Waals surface area contributed by atoms with E-state index >= 15 is 0 Å². The summed E-state index contributed by atoms with van der Waals surface area (Å²) in [6, 6.07) is 74.6. The van der Waals surface area contributed by atoms with Crippen molar-refractivity contribution in [3.05, 3.63) is 234 Å². The first kappa shape index (κ1) is 55.3. The van der Waals surface area contributed by atoms with Crippen molar-refractivity contribution in [2.75, 3.05) is 0 Å². The van der Waals surface area contributed by atoms with Crippen LogP contribution in [-0.2, 0) is 21.1 Å². The molecule has 0 spiro atoms. The molecule has 0 aliphatic rings. The van der Waals surface area contributed by atoms with Crippen molar-refractivity contribution in [3.63, 3.8) is 0 Å². The summed E-state index contributed by atoms with van der Waals surface area (Å²) in [4.78, 5) is 15.8. The normalized spacial score (nSPS) is 12.0. The molecule has 420 valence electrons. The van der Waals surface area contributed by atoms with E-state index in [1.165, 1.54) is 44.5 Å². The van der Waals surface area contributed by atoms with E-state index in [2.05, 4.69) is 266 Å². The van der Waals surface area contributed by atoms with E-state index in [1.807, 2.05) is 12.1 Å². The Kier molecular flexibility index (Phi) is 14.3. The standard InChI is InChI=1S/C77H65N5O2.Pt/c1-44(2)60-35-54(50-22-13-11-14-23-50)36-61(45(3)4)73(60)81-70-30-19-17-28-68(70)79-76(81)52-26-21-27-58(34-52)83-59-42-66-65-40-53-33-57-32-48(9)78-49(10)64(57)39-56(53)41-72(65)84-75(66)67(43-59)77-80-69-29-18-20-31-71(69)82(77)74-62(46(5)6)37-55(38-63(74)47(7)8)51-24-15-12-16-25-51;/h11-33,35-42,44-47H,1-10H3;/q-2;+2. The second-order valence-electron chi connectivity index (χ2n) is 23.9. The van der Waals surface area contributed by atoms with Gasteiger partial charge in [-0.15, -0.1) is 23.8 Å². The van der Waals surface area contributed by atoms with Gasteiger partial charge in [-0.05, 0) is 177 Å². The number of pyridine rings is 1. The fourth-order valence-electron chi connectivity index (χ4n) is 12.7. The Morgan fingerprint density at radius 1 is 0.424 bits per heavy atom. The summed E-state index contributed by atoms with van der Waals surface area (Å²) in [6.45, 7) is 22.4. The minimum absolute atomic E-state index is 0. The summed E-state index contributed by atoms with van der Waals surface area (Å²) in [7, 11) is 0. The molecule has 0 unspecified atom stereocenters. The SMILES string of the molecule is Cc1cc2cc3cc4c(cc3cc2c(C)n1)oc1c(-c2nc3ccccc3n2-c2c(C(C)C)cc(-c3ccccc3)cc2C(C)C)[c-]c(Oc2[c-]c(-c3nc5ccccc5n3-c3c(C(C)C)cc(-c5ccccc5)cc3C(C)C)ccc2)cc14.[Pt+2]. The molecule has 0 saturated heterocycles. The number of hydrogen-bond acceptors (Lipinski definition) is 5. The molecule has 0 aliphatic carbocycles. The Labute approximate surface area is 511 Å². The Morgan fingerprint density at radius 3 is 1.49 bits per heavy atom. The Balaban J connectivity index is 0.00000672. The van der Waals surface area contributed by atoms with Crippen molar-refractivity contribution in [3.8, 4) is 67.9 Å². The first-order chi connectivity index (χ1) is 40.7. The fourth-order valence-corrected chi connectivity index (χ4v) is 12.7. The van der Waals surface area contributed by atoms with Crippen molar-refractivity contribution in [2.45, 2.75) is 92.9 Å². The van der Waals surface area contributed by atoms with Crippen LogP contribution < -0.4 is 4.74 Å². The van der Waals surface area contributed by atoms with Gasteiger partial charge < -0.3 is 18.3 Å².